The van der Waals surface area contributed by atoms with Crippen LogP contribution in [-0.2, 0) is 7.05 Å². The first-order valence-electron chi connectivity index (χ1n) is 7.46. The van der Waals surface area contributed by atoms with E-state index in [9.17, 15) is 4.79 Å². The van der Waals surface area contributed by atoms with Crippen LogP contribution in [0.2, 0.25) is 0 Å². The predicted molar refractivity (Wildman–Crippen MR) is 96.2 cm³/mol. The second-order valence-electron chi connectivity index (χ2n) is 5.36. The van der Waals surface area contributed by atoms with Gasteiger partial charge in [-0.25, -0.2) is 4.98 Å². The van der Waals surface area contributed by atoms with E-state index < -0.39 is 0 Å². The summed E-state index contributed by atoms with van der Waals surface area (Å²) < 4.78 is 2.70. The maximum atomic E-state index is 12.3. The van der Waals surface area contributed by atoms with Gasteiger partial charge in [0.1, 0.15) is 10.7 Å². The van der Waals surface area contributed by atoms with Gasteiger partial charge in [-0.15, -0.1) is 11.3 Å². The van der Waals surface area contributed by atoms with Gasteiger partial charge in [0.05, 0.1) is 10.2 Å². The number of fused-ring (bicyclic) bond motifs is 1. The normalized spacial score (nSPS) is 10.9. The van der Waals surface area contributed by atoms with Gasteiger partial charge in [0.25, 0.3) is 5.91 Å². The van der Waals surface area contributed by atoms with Crippen LogP contribution in [0.4, 0.5) is 5.69 Å². The molecule has 0 saturated carbocycles. The van der Waals surface area contributed by atoms with Crippen molar-refractivity contribution < 1.29 is 4.79 Å². The van der Waals surface area contributed by atoms with Gasteiger partial charge in [0.2, 0.25) is 0 Å². The Hall–Kier alpha value is -2.99. The summed E-state index contributed by atoms with van der Waals surface area (Å²) in [7, 11) is 1.74. The third-order valence-corrected chi connectivity index (χ3v) is 4.80. The van der Waals surface area contributed by atoms with Crippen LogP contribution in [0.3, 0.4) is 0 Å². The minimum Gasteiger partial charge on any atom is -0.321 e. The van der Waals surface area contributed by atoms with E-state index in [0.29, 0.717) is 5.69 Å². The molecular weight excluding hydrogens is 320 g/mol. The van der Waals surface area contributed by atoms with Crippen molar-refractivity contribution in [1.82, 2.24) is 14.8 Å². The maximum Gasteiger partial charge on any atom is 0.273 e. The van der Waals surface area contributed by atoms with Crippen LogP contribution in [-0.4, -0.2) is 20.7 Å². The van der Waals surface area contributed by atoms with E-state index in [1.54, 1.807) is 35.3 Å². The predicted octanol–water partition coefficient (Wildman–Crippen LogP) is 3.95. The molecule has 1 amide bonds. The largest absolute Gasteiger partial charge is 0.321 e. The fourth-order valence-electron chi connectivity index (χ4n) is 2.52. The highest BCUT2D eigenvalue weighted by Crippen LogP contribution is 2.31. The third kappa shape index (κ3) is 2.68. The molecule has 0 saturated heterocycles. The summed E-state index contributed by atoms with van der Waals surface area (Å²) in [5, 5.41) is 7.86. The average Bonchev–Trinajstić information content (AvgIpc) is 3.21. The first kappa shape index (κ1) is 14.6. The number of rotatable bonds is 3. The monoisotopic (exact) mass is 334 g/mol. The molecule has 1 N–H and O–H groups in total. The van der Waals surface area contributed by atoms with Gasteiger partial charge in [-0.1, -0.05) is 24.3 Å². The highest BCUT2D eigenvalue weighted by molar-refractivity contribution is 7.21. The van der Waals surface area contributed by atoms with Crippen molar-refractivity contribution in [2.75, 3.05) is 5.32 Å². The first-order valence-corrected chi connectivity index (χ1v) is 8.28. The smallest absolute Gasteiger partial charge is 0.273 e. The van der Waals surface area contributed by atoms with Crippen molar-refractivity contribution in [1.29, 1.82) is 0 Å². The first-order chi connectivity index (χ1) is 11.7. The summed E-state index contributed by atoms with van der Waals surface area (Å²) in [6.07, 6.45) is 1.60. The highest BCUT2D eigenvalue weighted by atomic mass is 32.1. The lowest BCUT2D eigenvalue weighted by Crippen LogP contribution is -2.16. The van der Waals surface area contributed by atoms with Crippen molar-refractivity contribution in [2.24, 2.45) is 7.05 Å². The SMILES string of the molecule is Cn1nccc1C(=O)Nc1cccc(-c2nc3ccccc3s2)c1. The molecule has 0 unspecified atom stereocenters. The molecule has 2 aromatic heterocycles. The van der Waals surface area contributed by atoms with E-state index in [0.717, 1.165) is 26.5 Å². The Balaban J connectivity index is 1.64. The van der Waals surface area contributed by atoms with Gasteiger partial charge in [-0.3, -0.25) is 9.48 Å². The van der Waals surface area contributed by atoms with E-state index in [4.69, 9.17) is 0 Å². The lowest BCUT2D eigenvalue weighted by atomic mass is 10.2. The van der Waals surface area contributed by atoms with Crippen LogP contribution in [0.15, 0.2) is 60.8 Å². The molecular formula is C18H14N4OS. The maximum absolute atomic E-state index is 12.3. The number of aromatic nitrogens is 3. The molecule has 0 aliphatic rings. The summed E-state index contributed by atoms with van der Waals surface area (Å²) in [6.45, 7) is 0. The Morgan fingerprint density at radius 1 is 1.12 bits per heavy atom. The molecule has 4 rings (SSSR count). The Kier molecular flexibility index (Phi) is 3.59. The van der Waals surface area contributed by atoms with E-state index in [2.05, 4.69) is 21.5 Å². The molecule has 118 valence electrons. The number of benzene rings is 2. The Bertz CT molecular complexity index is 1000. The molecule has 0 bridgehead atoms. The van der Waals surface area contributed by atoms with E-state index in [1.807, 2.05) is 42.5 Å². The summed E-state index contributed by atoms with van der Waals surface area (Å²) in [5.41, 5.74) is 3.22. The number of aryl methyl sites for hydroxylation is 1. The molecule has 2 heterocycles. The van der Waals surface area contributed by atoms with Gasteiger partial charge >= 0.3 is 0 Å². The highest BCUT2D eigenvalue weighted by Gasteiger charge is 2.11. The molecule has 2 aromatic carbocycles. The number of para-hydroxylation sites is 1. The number of nitrogens with zero attached hydrogens (tertiary/aromatic N) is 3. The Morgan fingerprint density at radius 3 is 2.79 bits per heavy atom. The molecule has 0 atom stereocenters. The van der Waals surface area contributed by atoms with Crippen molar-refractivity contribution in [2.45, 2.75) is 0 Å². The van der Waals surface area contributed by atoms with Gasteiger partial charge < -0.3 is 5.32 Å². The summed E-state index contributed by atoms with van der Waals surface area (Å²) in [4.78, 5) is 17.0. The van der Waals surface area contributed by atoms with Crippen LogP contribution in [0.5, 0.6) is 0 Å². The lowest BCUT2D eigenvalue weighted by molar-refractivity contribution is 0.101. The molecule has 0 spiro atoms. The fraction of sp³-hybridized carbons (Fsp3) is 0.0556. The molecule has 4 aromatic rings. The summed E-state index contributed by atoms with van der Waals surface area (Å²) in [5.74, 6) is -0.184. The molecule has 0 radical (unpaired) electrons. The second-order valence-corrected chi connectivity index (χ2v) is 6.39. The third-order valence-electron chi connectivity index (χ3n) is 3.71. The molecule has 5 nitrogen and oxygen atoms in total. The second kappa shape index (κ2) is 5.90. The number of carbonyl (C=O) groups excluding carboxylic acids is 1. The number of nitrogens with one attached hydrogen (secondary N) is 1. The van der Waals surface area contributed by atoms with Crippen molar-refractivity contribution in [3.8, 4) is 10.6 Å². The fourth-order valence-corrected chi connectivity index (χ4v) is 3.48. The lowest BCUT2D eigenvalue weighted by Gasteiger charge is -2.06. The molecule has 6 heteroatoms. The zero-order valence-electron chi connectivity index (χ0n) is 12.9. The molecule has 0 fully saturated rings. The van der Waals surface area contributed by atoms with E-state index in [-0.39, 0.29) is 5.91 Å². The van der Waals surface area contributed by atoms with E-state index >= 15 is 0 Å². The van der Waals surface area contributed by atoms with Crippen LogP contribution in [0, 0.1) is 0 Å². The molecule has 0 aliphatic carbocycles. The van der Waals surface area contributed by atoms with Crippen LogP contribution in [0.25, 0.3) is 20.8 Å². The molecule has 24 heavy (non-hydrogen) atoms. The van der Waals surface area contributed by atoms with Crippen molar-refractivity contribution in [3.63, 3.8) is 0 Å². The Morgan fingerprint density at radius 2 is 2.00 bits per heavy atom. The van der Waals surface area contributed by atoms with Gasteiger partial charge in [0, 0.05) is 24.5 Å². The Labute approximate surface area is 142 Å². The number of anilines is 1. The summed E-state index contributed by atoms with van der Waals surface area (Å²) in [6, 6.07) is 17.5. The van der Waals surface area contributed by atoms with Gasteiger partial charge in [-0.05, 0) is 30.3 Å². The van der Waals surface area contributed by atoms with Crippen LogP contribution in [0.1, 0.15) is 10.5 Å². The number of hydrogen-bond acceptors (Lipinski definition) is 4. The number of thiazole rings is 1. The van der Waals surface area contributed by atoms with Crippen LogP contribution < -0.4 is 5.32 Å². The van der Waals surface area contributed by atoms with Gasteiger partial charge in [-0.2, -0.15) is 5.10 Å². The standard InChI is InChI=1S/C18H14N4OS/c1-22-15(9-10-19-22)17(23)20-13-6-4-5-12(11-13)18-21-14-7-2-3-8-16(14)24-18/h2-11H,1H3,(H,20,23). The zero-order valence-corrected chi connectivity index (χ0v) is 13.7. The van der Waals surface area contributed by atoms with E-state index in [1.165, 1.54) is 0 Å². The van der Waals surface area contributed by atoms with Crippen LogP contribution >= 0.6 is 11.3 Å². The number of carbonyl (C=O) groups is 1. The topological polar surface area (TPSA) is 59.8 Å². The average molecular weight is 334 g/mol. The van der Waals surface area contributed by atoms with Crippen molar-refractivity contribution in [3.05, 3.63) is 66.5 Å². The van der Waals surface area contributed by atoms with Crippen molar-refractivity contribution >= 4 is 33.1 Å². The minimum absolute atomic E-state index is 0.184. The minimum atomic E-state index is -0.184. The summed E-state index contributed by atoms with van der Waals surface area (Å²) >= 11 is 1.64. The number of amides is 1. The zero-order chi connectivity index (χ0) is 16.5. The van der Waals surface area contributed by atoms with Gasteiger partial charge in [0.15, 0.2) is 0 Å². The number of hydrogen-bond donors (Lipinski definition) is 1. The molecule has 0 aliphatic heterocycles. The quantitative estimate of drug-likeness (QED) is 0.617.